The van der Waals surface area contributed by atoms with E-state index in [1.165, 1.54) is 6.42 Å². The molecule has 1 aromatic rings. The van der Waals surface area contributed by atoms with E-state index in [-0.39, 0.29) is 24.9 Å². The number of ether oxygens (including phenoxy) is 2. The van der Waals surface area contributed by atoms with Gasteiger partial charge in [-0.1, -0.05) is 43.9 Å². The number of hydrogen-bond acceptors (Lipinski definition) is 6. The van der Waals surface area contributed by atoms with Crippen LogP contribution in [0.3, 0.4) is 0 Å². The molecule has 0 radical (unpaired) electrons. The van der Waals surface area contributed by atoms with Gasteiger partial charge in [-0.2, -0.15) is 0 Å². The summed E-state index contributed by atoms with van der Waals surface area (Å²) in [7, 11) is 0. The highest BCUT2D eigenvalue weighted by molar-refractivity contribution is 5.80. The lowest BCUT2D eigenvalue weighted by molar-refractivity contribution is -0.160. The minimum Gasteiger partial charge on any atom is -0.490 e. The van der Waals surface area contributed by atoms with Gasteiger partial charge in [-0.25, -0.2) is 0 Å². The number of benzene rings is 1. The summed E-state index contributed by atoms with van der Waals surface area (Å²) >= 11 is 0. The standard InChI is InChI=1S/C27H42O7/c1-6-27(4,5)34-26(32)24(19-10-8-7-9-11-19)22-13-17(2)12-18(3)25(22)33-16-21(29)14-20(28)15-23(30)31/h12-13,19-21,24,28-29H,6-11,14-16H2,1-5H3,(H,30,31)/t20-,21?,24?/m1/s1. The molecule has 1 saturated carbocycles. The third kappa shape index (κ3) is 8.27. The van der Waals surface area contributed by atoms with E-state index in [4.69, 9.17) is 14.6 Å². The van der Waals surface area contributed by atoms with E-state index in [1.807, 2.05) is 46.8 Å². The van der Waals surface area contributed by atoms with Gasteiger partial charge in [0.25, 0.3) is 0 Å². The first-order chi connectivity index (χ1) is 15.9. The Hall–Kier alpha value is -2.12. The van der Waals surface area contributed by atoms with Crippen molar-refractivity contribution in [1.29, 1.82) is 0 Å². The summed E-state index contributed by atoms with van der Waals surface area (Å²) in [5.41, 5.74) is 2.08. The fourth-order valence-electron chi connectivity index (χ4n) is 4.71. The lowest BCUT2D eigenvalue weighted by Crippen LogP contribution is -2.34. The maximum atomic E-state index is 13.6. The number of esters is 1. The van der Waals surface area contributed by atoms with Crippen molar-refractivity contribution in [3.05, 3.63) is 28.8 Å². The van der Waals surface area contributed by atoms with E-state index in [9.17, 15) is 19.8 Å². The molecule has 0 aliphatic heterocycles. The zero-order valence-corrected chi connectivity index (χ0v) is 21.3. The summed E-state index contributed by atoms with van der Waals surface area (Å²) in [6.45, 7) is 9.61. The topological polar surface area (TPSA) is 113 Å². The van der Waals surface area contributed by atoms with Gasteiger partial charge in [0.2, 0.25) is 0 Å². The van der Waals surface area contributed by atoms with E-state index >= 15 is 0 Å². The van der Waals surface area contributed by atoms with E-state index < -0.39 is 36.1 Å². The van der Waals surface area contributed by atoms with Crippen molar-refractivity contribution >= 4 is 11.9 Å². The molecule has 3 N–H and O–H groups in total. The molecule has 0 heterocycles. The summed E-state index contributed by atoms with van der Waals surface area (Å²) in [4.78, 5) is 24.3. The van der Waals surface area contributed by atoms with E-state index in [1.54, 1.807) is 0 Å². The van der Waals surface area contributed by atoms with Crippen LogP contribution in [0, 0.1) is 19.8 Å². The Labute approximate surface area is 203 Å². The zero-order valence-electron chi connectivity index (χ0n) is 21.3. The highest BCUT2D eigenvalue weighted by Gasteiger charge is 2.37. The molecule has 192 valence electrons. The average molecular weight is 479 g/mol. The number of rotatable bonds is 12. The minimum absolute atomic E-state index is 0.106. The zero-order chi connectivity index (χ0) is 25.5. The molecule has 0 spiro atoms. The smallest absolute Gasteiger partial charge is 0.314 e. The monoisotopic (exact) mass is 478 g/mol. The van der Waals surface area contributed by atoms with Gasteiger partial charge in [-0.3, -0.25) is 9.59 Å². The van der Waals surface area contributed by atoms with Gasteiger partial charge in [-0.05, 0) is 58.4 Å². The second-order valence-corrected chi connectivity index (χ2v) is 10.4. The molecule has 0 aromatic heterocycles. The Morgan fingerprint density at radius 1 is 1.09 bits per heavy atom. The highest BCUT2D eigenvalue weighted by atomic mass is 16.6. The number of carboxylic acids is 1. The van der Waals surface area contributed by atoms with Crippen molar-refractivity contribution in [2.45, 2.75) is 110 Å². The molecule has 3 atom stereocenters. The van der Waals surface area contributed by atoms with Crippen molar-refractivity contribution in [3.63, 3.8) is 0 Å². The van der Waals surface area contributed by atoms with Gasteiger partial charge in [-0.15, -0.1) is 0 Å². The van der Waals surface area contributed by atoms with Crippen molar-refractivity contribution < 1.29 is 34.4 Å². The maximum absolute atomic E-state index is 13.6. The van der Waals surface area contributed by atoms with Gasteiger partial charge >= 0.3 is 11.9 Å². The molecule has 7 nitrogen and oxygen atoms in total. The largest absolute Gasteiger partial charge is 0.490 e. The number of aliphatic hydroxyl groups excluding tert-OH is 2. The van der Waals surface area contributed by atoms with Crippen molar-refractivity contribution in [3.8, 4) is 5.75 Å². The second kappa shape index (κ2) is 12.5. The lowest BCUT2D eigenvalue weighted by Gasteiger charge is -2.34. The van der Waals surface area contributed by atoms with Crippen LogP contribution in [-0.4, -0.2) is 51.7 Å². The maximum Gasteiger partial charge on any atom is 0.314 e. The van der Waals surface area contributed by atoms with Crippen LogP contribution < -0.4 is 4.74 Å². The third-order valence-corrected chi connectivity index (χ3v) is 6.76. The van der Waals surface area contributed by atoms with Gasteiger partial charge in [0, 0.05) is 12.0 Å². The Morgan fingerprint density at radius 3 is 2.32 bits per heavy atom. The molecule has 1 aliphatic rings. The first-order valence-corrected chi connectivity index (χ1v) is 12.5. The normalized spacial score (nSPS) is 17.6. The van der Waals surface area contributed by atoms with Crippen molar-refractivity contribution in [2.75, 3.05) is 6.61 Å². The van der Waals surface area contributed by atoms with E-state index in [0.717, 1.165) is 42.4 Å². The molecule has 7 heteroatoms. The number of hydrogen-bond donors (Lipinski definition) is 3. The van der Waals surface area contributed by atoms with Crippen LogP contribution in [0.4, 0.5) is 0 Å². The molecule has 2 rings (SSSR count). The van der Waals surface area contributed by atoms with Gasteiger partial charge in [0.1, 0.15) is 18.0 Å². The molecule has 34 heavy (non-hydrogen) atoms. The first-order valence-electron chi connectivity index (χ1n) is 12.5. The van der Waals surface area contributed by atoms with Crippen LogP contribution >= 0.6 is 0 Å². The van der Waals surface area contributed by atoms with Gasteiger partial charge in [0.15, 0.2) is 0 Å². The van der Waals surface area contributed by atoms with Gasteiger partial charge in [0.05, 0.1) is 24.5 Å². The number of aliphatic hydroxyl groups is 2. The van der Waals surface area contributed by atoms with Crippen LogP contribution in [0.15, 0.2) is 12.1 Å². The predicted molar refractivity (Wildman–Crippen MR) is 130 cm³/mol. The Morgan fingerprint density at radius 2 is 1.74 bits per heavy atom. The molecule has 0 amide bonds. The van der Waals surface area contributed by atoms with Crippen LogP contribution in [0.25, 0.3) is 0 Å². The lowest BCUT2D eigenvalue weighted by atomic mass is 9.76. The predicted octanol–water partition coefficient (Wildman–Crippen LogP) is 4.66. The Kier molecular flexibility index (Phi) is 10.4. The Bertz CT molecular complexity index is 827. The molecule has 1 fully saturated rings. The van der Waals surface area contributed by atoms with E-state index in [0.29, 0.717) is 12.2 Å². The molecule has 1 aromatic carbocycles. The first kappa shape index (κ1) is 28.1. The van der Waals surface area contributed by atoms with Crippen molar-refractivity contribution in [1.82, 2.24) is 0 Å². The third-order valence-electron chi connectivity index (χ3n) is 6.76. The van der Waals surface area contributed by atoms with E-state index in [2.05, 4.69) is 0 Å². The summed E-state index contributed by atoms with van der Waals surface area (Å²) in [5, 5.41) is 29.0. The van der Waals surface area contributed by atoms with Crippen LogP contribution in [-0.2, 0) is 14.3 Å². The summed E-state index contributed by atoms with van der Waals surface area (Å²) in [6, 6.07) is 3.96. The second-order valence-electron chi connectivity index (χ2n) is 10.4. The summed E-state index contributed by atoms with van der Waals surface area (Å²) in [5.74, 6) is -1.12. The fourth-order valence-corrected chi connectivity index (χ4v) is 4.71. The highest BCUT2D eigenvalue weighted by Crippen LogP contribution is 2.43. The number of carbonyl (C=O) groups excluding carboxylic acids is 1. The van der Waals surface area contributed by atoms with Gasteiger partial charge < -0.3 is 24.8 Å². The number of carbonyl (C=O) groups is 2. The number of aliphatic carboxylic acids is 1. The molecular formula is C27H42O7. The number of aryl methyl sites for hydroxylation is 2. The molecule has 0 saturated heterocycles. The van der Waals surface area contributed by atoms with Crippen LogP contribution in [0.2, 0.25) is 0 Å². The summed E-state index contributed by atoms with van der Waals surface area (Å²) in [6.07, 6.45) is 3.18. The molecule has 0 bridgehead atoms. The molecule has 1 aliphatic carbocycles. The van der Waals surface area contributed by atoms with Crippen LogP contribution in [0.1, 0.15) is 94.7 Å². The number of carboxylic acid groups (broad SMARTS) is 1. The molecular weight excluding hydrogens is 436 g/mol. The van der Waals surface area contributed by atoms with Crippen LogP contribution in [0.5, 0.6) is 5.75 Å². The average Bonchev–Trinajstić information content (AvgIpc) is 2.73. The Balaban J connectivity index is 2.34. The summed E-state index contributed by atoms with van der Waals surface area (Å²) < 4.78 is 12.0. The quantitative estimate of drug-likeness (QED) is 0.374. The fraction of sp³-hybridized carbons (Fsp3) is 0.704. The SMILES string of the molecule is CCC(C)(C)OC(=O)C(c1cc(C)cc(C)c1OCC(O)C[C@@H](O)CC(=O)O)C1CCCCC1. The molecule has 2 unspecified atom stereocenters. The minimum atomic E-state index is -1.16. The van der Waals surface area contributed by atoms with Crippen molar-refractivity contribution in [2.24, 2.45) is 5.92 Å².